The average Bonchev–Trinajstić information content (AvgIpc) is 3.00. The largest absolute Gasteiger partial charge is 0.494 e. The summed E-state index contributed by atoms with van der Waals surface area (Å²) in [5.74, 6) is 1.76. The molecule has 0 radical (unpaired) electrons. The number of nitrogens with zero attached hydrogens (tertiary/aromatic N) is 2. The predicted octanol–water partition coefficient (Wildman–Crippen LogP) is 10.4. The van der Waals surface area contributed by atoms with Crippen LogP contribution in [0.2, 0.25) is 0 Å². The van der Waals surface area contributed by atoms with E-state index in [-0.39, 0.29) is 0 Å². The van der Waals surface area contributed by atoms with Gasteiger partial charge in [-0.2, -0.15) is 0 Å². The lowest BCUT2D eigenvalue weighted by Gasteiger charge is -2.13. The van der Waals surface area contributed by atoms with Crippen LogP contribution in [0.25, 0.3) is 33.5 Å². The van der Waals surface area contributed by atoms with E-state index in [2.05, 4.69) is 38.1 Å². The number of hydrogen-bond donors (Lipinski definition) is 0. The van der Waals surface area contributed by atoms with Crippen LogP contribution in [-0.2, 0) is 0 Å². The average molecular weight is 539 g/mol. The summed E-state index contributed by atoms with van der Waals surface area (Å²) in [7, 11) is 0. The van der Waals surface area contributed by atoms with E-state index in [0.717, 1.165) is 71.1 Å². The SMILES string of the molecule is CCCCCCCCOc1cccc(-c2nc3ccccc3nc2-c2cccc(OCCCCCCCC)c2)c1. The van der Waals surface area contributed by atoms with Crippen molar-refractivity contribution in [3.8, 4) is 34.0 Å². The fraction of sp³-hybridized carbons (Fsp3) is 0.444. The highest BCUT2D eigenvalue weighted by molar-refractivity contribution is 5.86. The lowest BCUT2D eigenvalue weighted by molar-refractivity contribution is 0.304. The van der Waals surface area contributed by atoms with Gasteiger partial charge in [0.25, 0.3) is 0 Å². The summed E-state index contributed by atoms with van der Waals surface area (Å²) in [4.78, 5) is 10.2. The van der Waals surface area contributed by atoms with Crippen molar-refractivity contribution in [2.24, 2.45) is 0 Å². The normalized spacial score (nSPS) is 11.2. The highest BCUT2D eigenvalue weighted by atomic mass is 16.5. The fourth-order valence-electron chi connectivity index (χ4n) is 5.01. The maximum absolute atomic E-state index is 6.14. The van der Waals surface area contributed by atoms with E-state index in [1.54, 1.807) is 0 Å². The Morgan fingerprint density at radius 2 is 0.900 bits per heavy atom. The van der Waals surface area contributed by atoms with Crippen molar-refractivity contribution in [1.82, 2.24) is 9.97 Å². The third-order valence-electron chi connectivity index (χ3n) is 7.32. The lowest BCUT2D eigenvalue weighted by atomic mass is 10.0. The van der Waals surface area contributed by atoms with Crippen LogP contribution in [0.5, 0.6) is 11.5 Å². The van der Waals surface area contributed by atoms with Crippen LogP contribution in [0.4, 0.5) is 0 Å². The Labute approximate surface area is 241 Å². The molecular formula is C36H46N2O2. The number of benzene rings is 3. The predicted molar refractivity (Wildman–Crippen MR) is 168 cm³/mol. The van der Waals surface area contributed by atoms with Crippen molar-refractivity contribution < 1.29 is 9.47 Å². The van der Waals surface area contributed by atoms with Crippen molar-refractivity contribution in [3.05, 3.63) is 72.8 Å². The molecule has 0 fully saturated rings. The molecule has 1 aromatic heterocycles. The second-order valence-electron chi connectivity index (χ2n) is 10.7. The molecule has 0 aliphatic heterocycles. The van der Waals surface area contributed by atoms with Crippen molar-refractivity contribution >= 4 is 11.0 Å². The third-order valence-corrected chi connectivity index (χ3v) is 7.32. The van der Waals surface area contributed by atoms with Crippen LogP contribution in [0.3, 0.4) is 0 Å². The smallest absolute Gasteiger partial charge is 0.119 e. The molecule has 0 bridgehead atoms. The molecular weight excluding hydrogens is 492 g/mol. The van der Waals surface area contributed by atoms with Crippen LogP contribution in [0.15, 0.2) is 72.8 Å². The van der Waals surface area contributed by atoms with E-state index in [4.69, 9.17) is 19.4 Å². The van der Waals surface area contributed by atoms with Crippen molar-refractivity contribution in [3.63, 3.8) is 0 Å². The summed E-state index contributed by atoms with van der Waals surface area (Å²) in [6.45, 7) is 5.99. The summed E-state index contributed by atoms with van der Waals surface area (Å²) >= 11 is 0. The molecule has 0 aliphatic carbocycles. The first kappa shape index (κ1) is 29.6. The molecule has 3 aromatic carbocycles. The number of aromatic nitrogens is 2. The monoisotopic (exact) mass is 538 g/mol. The van der Waals surface area contributed by atoms with E-state index < -0.39 is 0 Å². The zero-order valence-corrected chi connectivity index (χ0v) is 24.5. The minimum atomic E-state index is 0.740. The summed E-state index contributed by atoms with van der Waals surface area (Å²) in [6, 6.07) is 24.6. The van der Waals surface area contributed by atoms with Gasteiger partial charge in [-0.05, 0) is 49.2 Å². The second-order valence-corrected chi connectivity index (χ2v) is 10.7. The van der Waals surface area contributed by atoms with Gasteiger partial charge in [-0.15, -0.1) is 0 Å². The second kappa shape index (κ2) is 16.6. The summed E-state index contributed by atoms with van der Waals surface area (Å²) < 4.78 is 12.3. The Kier molecular flexibility index (Phi) is 12.3. The number of fused-ring (bicyclic) bond motifs is 1. The molecule has 4 rings (SSSR count). The standard InChI is InChI=1S/C36H46N2O2/c1-3-5-7-9-11-15-25-39-31-21-17-19-29(27-31)35-36(38-34-24-14-13-23-33(34)37-35)30-20-18-22-32(28-30)40-26-16-12-10-8-6-4-2/h13-14,17-24,27-28H,3-12,15-16,25-26H2,1-2H3. The number of rotatable bonds is 18. The molecule has 4 nitrogen and oxygen atoms in total. The Morgan fingerprint density at radius 1 is 0.475 bits per heavy atom. The van der Waals surface area contributed by atoms with Gasteiger partial charge in [0.05, 0.1) is 35.6 Å². The van der Waals surface area contributed by atoms with Gasteiger partial charge in [-0.25, -0.2) is 9.97 Å². The Morgan fingerprint density at radius 3 is 1.35 bits per heavy atom. The Bertz CT molecular complexity index is 1200. The highest BCUT2D eigenvalue weighted by Crippen LogP contribution is 2.34. The minimum Gasteiger partial charge on any atom is -0.494 e. The molecule has 0 unspecified atom stereocenters. The number of hydrogen-bond acceptors (Lipinski definition) is 4. The number of para-hydroxylation sites is 2. The highest BCUT2D eigenvalue weighted by Gasteiger charge is 2.15. The van der Waals surface area contributed by atoms with Gasteiger partial charge in [-0.1, -0.05) is 114 Å². The summed E-state index contributed by atoms with van der Waals surface area (Å²) in [5, 5.41) is 0. The van der Waals surface area contributed by atoms with Gasteiger partial charge >= 0.3 is 0 Å². The number of ether oxygens (including phenoxy) is 2. The molecule has 212 valence electrons. The molecule has 0 saturated carbocycles. The molecule has 0 amide bonds. The molecule has 0 aliphatic rings. The van der Waals surface area contributed by atoms with Gasteiger partial charge in [-0.3, -0.25) is 0 Å². The fourth-order valence-corrected chi connectivity index (χ4v) is 5.01. The Balaban J connectivity index is 1.50. The van der Waals surface area contributed by atoms with E-state index in [1.165, 1.54) is 64.2 Å². The maximum atomic E-state index is 6.14. The van der Waals surface area contributed by atoms with E-state index in [1.807, 2.05) is 48.5 Å². The van der Waals surface area contributed by atoms with E-state index in [9.17, 15) is 0 Å². The van der Waals surface area contributed by atoms with Crippen LogP contribution >= 0.6 is 0 Å². The third kappa shape index (κ3) is 9.08. The Hall–Kier alpha value is -3.40. The molecule has 4 heteroatoms. The zero-order chi connectivity index (χ0) is 27.8. The molecule has 0 saturated heterocycles. The zero-order valence-electron chi connectivity index (χ0n) is 24.5. The van der Waals surface area contributed by atoms with E-state index >= 15 is 0 Å². The molecule has 4 aromatic rings. The van der Waals surface area contributed by atoms with Crippen LogP contribution < -0.4 is 9.47 Å². The first-order chi connectivity index (χ1) is 19.8. The number of unbranched alkanes of at least 4 members (excludes halogenated alkanes) is 10. The minimum absolute atomic E-state index is 0.740. The van der Waals surface area contributed by atoms with Crippen LogP contribution in [0, 0.1) is 0 Å². The summed E-state index contributed by atoms with van der Waals surface area (Å²) in [6.07, 6.45) is 15.0. The van der Waals surface area contributed by atoms with Crippen molar-refractivity contribution in [2.75, 3.05) is 13.2 Å². The molecule has 0 spiro atoms. The molecule has 0 atom stereocenters. The maximum Gasteiger partial charge on any atom is 0.119 e. The van der Waals surface area contributed by atoms with Gasteiger partial charge < -0.3 is 9.47 Å². The summed E-state index contributed by atoms with van der Waals surface area (Å²) in [5.41, 5.74) is 5.50. The van der Waals surface area contributed by atoms with Crippen LogP contribution in [0.1, 0.15) is 90.9 Å². The molecule has 0 N–H and O–H groups in total. The first-order valence-corrected chi connectivity index (χ1v) is 15.5. The topological polar surface area (TPSA) is 44.2 Å². The quantitative estimate of drug-likeness (QED) is 0.118. The van der Waals surface area contributed by atoms with Gasteiger partial charge in [0.1, 0.15) is 11.5 Å². The van der Waals surface area contributed by atoms with Gasteiger partial charge in [0, 0.05) is 11.1 Å². The van der Waals surface area contributed by atoms with Crippen molar-refractivity contribution in [1.29, 1.82) is 0 Å². The molecule has 1 heterocycles. The van der Waals surface area contributed by atoms with Gasteiger partial charge in [0.15, 0.2) is 0 Å². The molecule has 40 heavy (non-hydrogen) atoms. The first-order valence-electron chi connectivity index (χ1n) is 15.5. The lowest BCUT2D eigenvalue weighted by Crippen LogP contribution is -2.00. The van der Waals surface area contributed by atoms with Crippen molar-refractivity contribution in [2.45, 2.75) is 90.9 Å². The van der Waals surface area contributed by atoms with E-state index in [0.29, 0.717) is 0 Å². The van der Waals surface area contributed by atoms with Gasteiger partial charge in [0.2, 0.25) is 0 Å². The van der Waals surface area contributed by atoms with Crippen LogP contribution in [-0.4, -0.2) is 23.2 Å².